The Balaban J connectivity index is 1.32. The minimum Gasteiger partial charge on any atom is -0.459 e. The summed E-state index contributed by atoms with van der Waals surface area (Å²) in [6.45, 7) is 6.93. The molecule has 3 aliphatic carbocycles. The van der Waals surface area contributed by atoms with Crippen molar-refractivity contribution in [2.24, 2.45) is 28.8 Å². The molecule has 0 saturated heterocycles. The second kappa shape index (κ2) is 18.7. The van der Waals surface area contributed by atoms with Crippen LogP contribution in [0.1, 0.15) is 81.8 Å². The van der Waals surface area contributed by atoms with Crippen molar-refractivity contribution in [3.63, 3.8) is 0 Å². The van der Waals surface area contributed by atoms with Gasteiger partial charge in [0.2, 0.25) is 11.7 Å². The van der Waals surface area contributed by atoms with Gasteiger partial charge >= 0.3 is 0 Å². The monoisotopic (exact) mass is 816 g/mol. The number of nitrogens with zero attached hydrogens (tertiary/aromatic N) is 2. The first-order valence-electron chi connectivity index (χ1n) is 21.8. The molecule has 0 radical (unpaired) electrons. The first-order chi connectivity index (χ1) is 29.4. The van der Waals surface area contributed by atoms with E-state index >= 15 is 0 Å². The van der Waals surface area contributed by atoms with E-state index in [0.29, 0.717) is 37.4 Å². The molecule has 60 heavy (non-hydrogen) atoms. The summed E-state index contributed by atoms with van der Waals surface area (Å²) < 4.78 is 35.4. The fraction of sp³-hybridized carbons (Fsp3) is 0.440. The van der Waals surface area contributed by atoms with Crippen LogP contribution in [0.2, 0.25) is 0 Å². The van der Waals surface area contributed by atoms with E-state index in [4.69, 9.17) is 24.2 Å². The molecule has 1 heterocycles. The van der Waals surface area contributed by atoms with Crippen LogP contribution in [0, 0.1) is 29.5 Å². The summed E-state index contributed by atoms with van der Waals surface area (Å²) in [6, 6.07) is 26.0. The average molecular weight is 817 g/mol. The maximum absolute atomic E-state index is 14.7. The molecule has 316 valence electrons. The zero-order chi connectivity index (χ0) is 41.6. The Labute approximate surface area is 352 Å². The lowest BCUT2D eigenvalue weighted by Crippen LogP contribution is -2.70. The molecule has 2 fully saturated rings. The number of carbonyl (C=O) groups is 1. The van der Waals surface area contributed by atoms with Crippen LogP contribution in [-0.4, -0.2) is 65.0 Å². The molecular weight excluding hydrogens is 760 g/mol. The molecule has 0 spiro atoms. The normalized spacial score (nSPS) is 24.8. The van der Waals surface area contributed by atoms with Crippen LogP contribution in [0.15, 0.2) is 114 Å². The van der Waals surface area contributed by atoms with Gasteiger partial charge in [0, 0.05) is 43.6 Å². The number of benzene rings is 4. The number of ether oxygens (including phenoxy) is 3. The van der Waals surface area contributed by atoms with Crippen molar-refractivity contribution in [3.8, 4) is 17.2 Å². The summed E-state index contributed by atoms with van der Waals surface area (Å²) in [5.41, 5.74) is 3.51. The predicted octanol–water partition coefficient (Wildman–Crippen LogP) is 9.86. The summed E-state index contributed by atoms with van der Waals surface area (Å²) in [5, 5.41) is 26.9. The molecule has 1 amide bonds. The number of hydrogen-bond acceptors (Lipinski definition) is 8. The van der Waals surface area contributed by atoms with Gasteiger partial charge in [-0.25, -0.2) is 4.39 Å². The number of halogens is 1. The number of rotatable bonds is 19. The van der Waals surface area contributed by atoms with Crippen molar-refractivity contribution in [2.75, 3.05) is 26.4 Å². The van der Waals surface area contributed by atoms with Gasteiger partial charge < -0.3 is 34.2 Å². The SMILES string of the molecule is C=CCO[C@@]12Oc3ccc(Oc4ccc5ccccc5c4)cc3[C@H]3[C@H](CCCCO)[C@@H](CCCCO)C=C(C(=NOCC)C[C@@H]1N(Cc1ccc(F)cc1)C(=O)C1CC1)[C@H]32. The minimum absolute atomic E-state index is 0.0105. The Hall–Kier alpha value is -5.03. The Bertz CT molecular complexity index is 2200. The van der Waals surface area contributed by atoms with Crippen LogP contribution >= 0.6 is 0 Å². The Kier molecular flexibility index (Phi) is 13.0. The standard InChI is InChI=1S/C50H57FN2O7/c1-3-27-57-50-46(53(49(56)35-17-18-35)32-33-15-20-38(51)21-16-33)31-44(52-58-4-2)42-29-37(13-7-9-25-54)41(14-8-10-26-55)47(48(42)50)43-30-40(23-24-45(43)60-50)59-39-22-19-34-11-5-6-12-36(34)28-39/h3,5-6,11-12,15-16,19-24,28-30,35,37,41,46-48,54-55H,1,4,7-10,13-14,17-18,25-27,31-32H2,2H3/t37-,41+,46-,47+,48+,50+/m0/s1. The van der Waals surface area contributed by atoms with Crippen molar-refractivity contribution >= 4 is 22.4 Å². The fourth-order valence-corrected chi connectivity index (χ4v) is 9.91. The van der Waals surface area contributed by atoms with Crippen LogP contribution in [0.5, 0.6) is 17.2 Å². The highest BCUT2D eigenvalue weighted by Crippen LogP contribution is 2.62. The van der Waals surface area contributed by atoms with E-state index < -0.39 is 17.7 Å². The number of aliphatic hydroxyl groups is 2. The lowest BCUT2D eigenvalue weighted by atomic mass is 9.55. The highest BCUT2D eigenvalue weighted by molar-refractivity contribution is 6.03. The van der Waals surface area contributed by atoms with Gasteiger partial charge in [-0.2, -0.15) is 0 Å². The van der Waals surface area contributed by atoms with Gasteiger partial charge in [-0.3, -0.25) is 4.79 Å². The Morgan fingerprint density at radius 1 is 0.950 bits per heavy atom. The first kappa shape index (κ1) is 41.7. The van der Waals surface area contributed by atoms with Crippen molar-refractivity contribution < 1.29 is 38.4 Å². The maximum Gasteiger partial charge on any atom is 0.239 e. The number of amides is 1. The van der Waals surface area contributed by atoms with E-state index in [1.54, 1.807) is 18.2 Å². The molecule has 6 atom stereocenters. The molecule has 0 bridgehead atoms. The summed E-state index contributed by atoms with van der Waals surface area (Å²) in [7, 11) is 0. The highest BCUT2D eigenvalue weighted by Gasteiger charge is 2.66. The molecule has 10 heteroatoms. The van der Waals surface area contributed by atoms with Gasteiger partial charge in [0.15, 0.2) is 0 Å². The average Bonchev–Trinajstić information content (AvgIpc) is 4.12. The largest absolute Gasteiger partial charge is 0.459 e. The third kappa shape index (κ3) is 8.60. The molecule has 9 nitrogen and oxygen atoms in total. The number of aliphatic hydroxyl groups excluding tert-OH is 2. The van der Waals surface area contributed by atoms with E-state index in [0.717, 1.165) is 77.5 Å². The van der Waals surface area contributed by atoms with Crippen molar-refractivity contribution in [1.82, 2.24) is 4.90 Å². The van der Waals surface area contributed by atoms with Crippen molar-refractivity contribution in [3.05, 3.63) is 126 Å². The molecule has 8 rings (SSSR count). The number of allylic oxidation sites excluding steroid dienone is 1. The maximum atomic E-state index is 14.7. The second-order valence-corrected chi connectivity index (χ2v) is 16.7. The van der Waals surface area contributed by atoms with Gasteiger partial charge in [-0.05, 0) is 122 Å². The van der Waals surface area contributed by atoms with Gasteiger partial charge in [0.05, 0.1) is 18.2 Å². The molecule has 0 aromatic heterocycles. The Morgan fingerprint density at radius 2 is 1.68 bits per heavy atom. The number of unbranched alkanes of at least 4 members (excludes halogenated alkanes) is 2. The predicted molar refractivity (Wildman–Crippen MR) is 230 cm³/mol. The third-order valence-electron chi connectivity index (χ3n) is 12.8. The number of hydrogen-bond donors (Lipinski definition) is 2. The lowest BCUT2D eigenvalue weighted by Gasteiger charge is -2.60. The molecule has 4 aliphatic rings. The molecule has 2 saturated carbocycles. The van der Waals surface area contributed by atoms with Crippen LogP contribution in [0.4, 0.5) is 4.39 Å². The van der Waals surface area contributed by atoms with Crippen LogP contribution in [0.3, 0.4) is 0 Å². The first-order valence-corrected chi connectivity index (χ1v) is 21.8. The van der Waals surface area contributed by atoms with Crippen LogP contribution < -0.4 is 9.47 Å². The zero-order valence-electron chi connectivity index (χ0n) is 34.5. The van der Waals surface area contributed by atoms with E-state index in [-0.39, 0.29) is 61.8 Å². The van der Waals surface area contributed by atoms with Crippen LogP contribution in [0.25, 0.3) is 10.8 Å². The van der Waals surface area contributed by atoms with E-state index in [1.807, 2.05) is 48.2 Å². The van der Waals surface area contributed by atoms with Gasteiger partial charge in [0.1, 0.15) is 35.7 Å². The summed E-state index contributed by atoms with van der Waals surface area (Å²) in [4.78, 5) is 22.5. The summed E-state index contributed by atoms with van der Waals surface area (Å²) in [6.07, 6.45) is 10.7. The van der Waals surface area contributed by atoms with E-state index in [1.165, 1.54) is 12.1 Å². The van der Waals surface area contributed by atoms with Gasteiger partial charge in [0.25, 0.3) is 0 Å². The van der Waals surface area contributed by atoms with Crippen molar-refractivity contribution in [1.29, 1.82) is 0 Å². The van der Waals surface area contributed by atoms with Gasteiger partial charge in [-0.15, -0.1) is 6.58 Å². The zero-order valence-corrected chi connectivity index (χ0v) is 34.5. The Morgan fingerprint density at radius 3 is 2.42 bits per heavy atom. The lowest BCUT2D eigenvalue weighted by molar-refractivity contribution is -0.258. The van der Waals surface area contributed by atoms with Crippen molar-refractivity contribution in [2.45, 2.75) is 89.0 Å². The second-order valence-electron chi connectivity index (χ2n) is 16.7. The van der Waals surface area contributed by atoms with Gasteiger partial charge in [-0.1, -0.05) is 72.6 Å². The molecule has 4 aromatic rings. The molecule has 4 aromatic carbocycles. The number of fused-ring (bicyclic) bond motifs is 3. The molecular formula is C50H57FN2O7. The number of carbonyl (C=O) groups excluding carboxylic acids is 1. The van der Waals surface area contributed by atoms with E-state index in [9.17, 15) is 19.4 Å². The topological polar surface area (TPSA) is 110 Å². The molecule has 0 unspecified atom stereocenters. The fourth-order valence-electron chi connectivity index (χ4n) is 9.91. The smallest absolute Gasteiger partial charge is 0.239 e. The summed E-state index contributed by atoms with van der Waals surface area (Å²) >= 11 is 0. The quantitative estimate of drug-likeness (QED) is 0.0551. The van der Waals surface area contributed by atoms with E-state index in [2.05, 4.69) is 36.9 Å². The number of oxime groups is 1. The molecule has 2 N–H and O–H groups in total. The summed E-state index contributed by atoms with van der Waals surface area (Å²) in [5.74, 6) is -0.223. The third-order valence-corrected chi connectivity index (χ3v) is 12.8. The molecule has 1 aliphatic heterocycles. The van der Waals surface area contributed by atoms with Crippen LogP contribution in [-0.2, 0) is 20.9 Å². The minimum atomic E-state index is -1.38. The highest BCUT2D eigenvalue weighted by atomic mass is 19.1.